The van der Waals surface area contributed by atoms with Crippen molar-refractivity contribution in [2.45, 2.75) is 62.6 Å². The average molecular weight is 515 g/mol. The molecule has 0 atom stereocenters. The number of piperidine rings is 1. The van der Waals surface area contributed by atoms with Crippen LogP contribution >= 0.6 is 11.6 Å². The summed E-state index contributed by atoms with van der Waals surface area (Å²) in [6.45, 7) is 8.40. The minimum Gasteiger partial charge on any atom is -1.00 e. The minimum absolute atomic E-state index is 0. The number of anilines is 1. The second kappa shape index (κ2) is 10.1. The van der Waals surface area contributed by atoms with E-state index in [1.54, 1.807) is 24.3 Å². The topological polar surface area (TPSA) is 96.5 Å². The Labute approximate surface area is 207 Å². The quantitative estimate of drug-likeness (QED) is 0.538. The molecule has 1 fully saturated rings. The maximum atomic E-state index is 13.0. The average Bonchev–Trinajstić information content (AvgIpc) is 2.65. The van der Waals surface area contributed by atoms with Crippen molar-refractivity contribution in [1.29, 1.82) is 0 Å². The SMILES string of the molecule is COc1ccccc1NS(=O)(=O)c1cc(C(=O)NC2CC(C)(C)NC(C)(C)C2)ccc1Cl.[Cl-]. The number of carbonyl (C=O) groups is 1. The lowest BCUT2D eigenvalue weighted by atomic mass is 9.79. The fraction of sp³-hybridized carbons (Fsp3) is 0.435. The van der Waals surface area contributed by atoms with E-state index in [0.717, 1.165) is 12.8 Å². The van der Waals surface area contributed by atoms with Crippen LogP contribution in [-0.4, -0.2) is 38.6 Å². The maximum absolute atomic E-state index is 13.0. The van der Waals surface area contributed by atoms with E-state index >= 15 is 0 Å². The van der Waals surface area contributed by atoms with Crippen LogP contribution in [0.15, 0.2) is 47.4 Å². The van der Waals surface area contributed by atoms with Crippen molar-refractivity contribution < 1.29 is 30.4 Å². The minimum atomic E-state index is -4.05. The molecule has 1 aliphatic heterocycles. The first-order chi connectivity index (χ1) is 14.8. The van der Waals surface area contributed by atoms with Gasteiger partial charge in [-0.05, 0) is 70.9 Å². The molecule has 0 spiro atoms. The lowest BCUT2D eigenvalue weighted by Crippen LogP contribution is -3.00. The Morgan fingerprint density at radius 1 is 1.09 bits per heavy atom. The molecule has 0 bridgehead atoms. The number of carbonyl (C=O) groups excluding carboxylic acids is 1. The number of amides is 1. The number of methoxy groups -OCH3 is 1. The van der Waals surface area contributed by atoms with E-state index < -0.39 is 10.0 Å². The van der Waals surface area contributed by atoms with E-state index in [4.69, 9.17) is 16.3 Å². The third-order valence-electron chi connectivity index (χ3n) is 5.36. The molecule has 7 nitrogen and oxygen atoms in total. The lowest BCUT2D eigenvalue weighted by molar-refractivity contribution is -0.0000231. The van der Waals surface area contributed by atoms with E-state index in [2.05, 4.69) is 43.1 Å². The molecule has 2 aromatic carbocycles. The van der Waals surface area contributed by atoms with Gasteiger partial charge in [0.25, 0.3) is 15.9 Å². The summed E-state index contributed by atoms with van der Waals surface area (Å²) < 4.78 is 33.8. The van der Waals surface area contributed by atoms with Crippen LogP contribution in [-0.2, 0) is 10.0 Å². The molecule has 3 rings (SSSR count). The van der Waals surface area contributed by atoms with Crippen molar-refractivity contribution in [3.8, 4) is 5.75 Å². The summed E-state index contributed by atoms with van der Waals surface area (Å²) in [4.78, 5) is 12.8. The third-order valence-corrected chi connectivity index (χ3v) is 7.21. The second-order valence-electron chi connectivity index (χ2n) is 9.42. The molecule has 0 aliphatic carbocycles. The zero-order valence-corrected chi connectivity index (χ0v) is 21.7. The van der Waals surface area contributed by atoms with Gasteiger partial charge in [-0.1, -0.05) is 23.7 Å². The Morgan fingerprint density at radius 3 is 2.30 bits per heavy atom. The van der Waals surface area contributed by atoms with Crippen molar-refractivity contribution in [2.75, 3.05) is 11.8 Å². The Kier molecular flexibility index (Phi) is 8.33. The predicted octanol–water partition coefficient (Wildman–Crippen LogP) is 1.19. The van der Waals surface area contributed by atoms with Gasteiger partial charge in [-0.15, -0.1) is 0 Å². The molecular weight excluding hydrogens is 485 g/mol. The molecule has 0 saturated carbocycles. The van der Waals surface area contributed by atoms with Crippen LogP contribution in [0.3, 0.4) is 0 Å². The first kappa shape index (κ1) is 27.2. The van der Waals surface area contributed by atoms with Crippen LogP contribution in [0.4, 0.5) is 5.69 Å². The standard InChI is InChI=1S/C23H30ClN3O4S.ClH/c1-22(2)13-16(14-23(3,4)27-22)25-21(28)15-10-11-17(24)20(12-15)32(29,30)26-18-8-6-7-9-19(18)31-5;/h6-12,16,26-27H,13-14H2,1-5H3,(H,25,28);1H/p-1. The first-order valence-electron chi connectivity index (χ1n) is 10.4. The largest absolute Gasteiger partial charge is 1.00 e. The Morgan fingerprint density at radius 2 is 1.70 bits per heavy atom. The van der Waals surface area contributed by atoms with Crippen LogP contribution in [0, 0.1) is 0 Å². The van der Waals surface area contributed by atoms with Crippen LogP contribution in [0.25, 0.3) is 0 Å². The van der Waals surface area contributed by atoms with E-state index in [1.165, 1.54) is 25.3 Å². The molecule has 1 amide bonds. The summed E-state index contributed by atoms with van der Waals surface area (Å²) in [6.07, 6.45) is 1.52. The van der Waals surface area contributed by atoms with Crippen LogP contribution < -0.4 is 32.5 Å². The number of sulfonamides is 1. The molecule has 0 aromatic heterocycles. The molecule has 3 N–H and O–H groups in total. The molecule has 10 heteroatoms. The highest BCUT2D eigenvalue weighted by atomic mass is 35.5. The number of hydrogen-bond donors (Lipinski definition) is 3. The zero-order chi connectivity index (χ0) is 23.7. The highest BCUT2D eigenvalue weighted by Crippen LogP contribution is 2.31. The van der Waals surface area contributed by atoms with E-state index in [0.29, 0.717) is 5.75 Å². The smallest absolute Gasteiger partial charge is 0.263 e. The molecule has 1 saturated heterocycles. The summed E-state index contributed by atoms with van der Waals surface area (Å²) in [5.74, 6) is 0.0335. The van der Waals surface area contributed by atoms with Gasteiger partial charge >= 0.3 is 0 Å². The number of halogens is 2. The Hall–Kier alpha value is -2.00. The number of nitrogens with one attached hydrogen (secondary N) is 3. The monoisotopic (exact) mass is 514 g/mol. The summed E-state index contributed by atoms with van der Waals surface area (Å²) in [6, 6.07) is 10.8. The van der Waals surface area contributed by atoms with Crippen molar-refractivity contribution in [3.05, 3.63) is 53.1 Å². The summed E-state index contributed by atoms with van der Waals surface area (Å²) in [5, 5.41) is 6.65. The fourth-order valence-corrected chi connectivity index (χ4v) is 6.07. The first-order valence-corrected chi connectivity index (χ1v) is 12.2. The fourth-order valence-electron chi connectivity index (χ4n) is 4.47. The number of benzene rings is 2. The number of rotatable bonds is 6. The molecule has 33 heavy (non-hydrogen) atoms. The number of hydrogen-bond acceptors (Lipinski definition) is 5. The van der Waals surface area contributed by atoms with Crippen LogP contribution in [0.1, 0.15) is 50.9 Å². The van der Waals surface area contributed by atoms with Crippen molar-refractivity contribution in [3.63, 3.8) is 0 Å². The maximum Gasteiger partial charge on any atom is 0.263 e. The number of para-hydroxylation sites is 2. The van der Waals surface area contributed by atoms with Gasteiger partial charge in [0.1, 0.15) is 10.6 Å². The van der Waals surface area contributed by atoms with Gasteiger partial charge in [0.15, 0.2) is 0 Å². The van der Waals surface area contributed by atoms with Gasteiger partial charge in [-0.2, -0.15) is 0 Å². The van der Waals surface area contributed by atoms with Gasteiger partial charge in [0.05, 0.1) is 17.8 Å². The van der Waals surface area contributed by atoms with Gasteiger partial charge in [0, 0.05) is 22.7 Å². The van der Waals surface area contributed by atoms with Gasteiger partial charge in [-0.3, -0.25) is 9.52 Å². The predicted molar refractivity (Wildman–Crippen MR) is 127 cm³/mol. The second-order valence-corrected chi connectivity index (χ2v) is 11.5. The van der Waals surface area contributed by atoms with Gasteiger partial charge in [-0.25, -0.2) is 8.42 Å². The molecule has 2 aromatic rings. The molecule has 0 radical (unpaired) electrons. The van der Waals surface area contributed by atoms with Gasteiger partial charge < -0.3 is 27.8 Å². The van der Waals surface area contributed by atoms with Crippen LogP contribution in [0.5, 0.6) is 5.75 Å². The Balaban J connectivity index is 0.00000385. The van der Waals surface area contributed by atoms with E-state index in [9.17, 15) is 13.2 Å². The molecule has 0 unspecified atom stereocenters. The summed E-state index contributed by atoms with van der Waals surface area (Å²) in [5.41, 5.74) is 0.240. The van der Waals surface area contributed by atoms with Crippen molar-refractivity contribution in [1.82, 2.24) is 10.6 Å². The third kappa shape index (κ3) is 6.76. The van der Waals surface area contributed by atoms with Crippen molar-refractivity contribution >= 4 is 33.2 Å². The van der Waals surface area contributed by atoms with Crippen molar-refractivity contribution in [2.24, 2.45) is 0 Å². The Bertz CT molecular complexity index is 1100. The lowest BCUT2D eigenvalue weighted by Gasteiger charge is -2.46. The molecule has 1 heterocycles. The molecular formula is C23H30Cl2N3O4S-. The highest BCUT2D eigenvalue weighted by molar-refractivity contribution is 7.92. The molecule has 182 valence electrons. The summed E-state index contributed by atoms with van der Waals surface area (Å²) >= 11 is 6.20. The van der Waals surface area contributed by atoms with E-state index in [-0.39, 0.29) is 56.6 Å². The normalized spacial score (nSPS) is 17.5. The highest BCUT2D eigenvalue weighted by Gasteiger charge is 2.38. The zero-order valence-electron chi connectivity index (χ0n) is 19.3. The van der Waals surface area contributed by atoms with Gasteiger partial charge in [0.2, 0.25) is 0 Å². The molecule has 1 aliphatic rings. The van der Waals surface area contributed by atoms with E-state index in [1.807, 2.05) is 0 Å². The number of ether oxygens (including phenoxy) is 1. The van der Waals surface area contributed by atoms with Crippen LogP contribution in [0.2, 0.25) is 5.02 Å². The summed E-state index contributed by atoms with van der Waals surface area (Å²) in [7, 11) is -2.60.